The highest BCUT2D eigenvalue weighted by Gasteiger charge is 2.22. The van der Waals surface area contributed by atoms with E-state index in [9.17, 15) is 0 Å². The van der Waals surface area contributed by atoms with Gasteiger partial charge >= 0.3 is 0 Å². The van der Waals surface area contributed by atoms with Crippen LogP contribution in [0.3, 0.4) is 0 Å². The second-order valence-electron chi connectivity index (χ2n) is 5.42. The van der Waals surface area contributed by atoms with Crippen molar-refractivity contribution in [3.63, 3.8) is 0 Å². The Kier molecular flexibility index (Phi) is 6.27. The van der Waals surface area contributed by atoms with Crippen molar-refractivity contribution in [1.82, 2.24) is 10.3 Å². The average molecular weight is 277 g/mol. The van der Waals surface area contributed by atoms with Crippen LogP contribution in [0, 0.1) is 0 Å². The highest BCUT2D eigenvalue weighted by molar-refractivity contribution is 5.40. The fraction of sp³-hybridized carbons (Fsp3) is 0.688. The standard InChI is InChI=1S/C16H27N3O/c1-3-19(15-6-4-5-7-15)16-9-8-14(13-18-16)12-17-10-11-20-2/h8-9,13,15,17H,3-7,10-12H2,1-2H3. The van der Waals surface area contributed by atoms with E-state index in [1.54, 1.807) is 7.11 Å². The lowest BCUT2D eigenvalue weighted by Gasteiger charge is -2.28. The lowest BCUT2D eigenvalue weighted by Crippen LogP contribution is -2.33. The second kappa shape index (κ2) is 8.22. The Balaban J connectivity index is 1.89. The molecule has 1 fully saturated rings. The first kappa shape index (κ1) is 15.3. The van der Waals surface area contributed by atoms with Crippen LogP contribution in [0.2, 0.25) is 0 Å². The summed E-state index contributed by atoms with van der Waals surface area (Å²) in [5.41, 5.74) is 1.23. The molecule has 0 bridgehead atoms. The molecular formula is C16H27N3O. The van der Waals surface area contributed by atoms with E-state index in [4.69, 9.17) is 4.74 Å². The Hall–Kier alpha value is -1.13. The molecule has 0 aromatic carbocycles. The van der Waals surface area contributed by atoms with Crippen molar-refractivity contribution in [2.75, 3.05) is 31.7 Å². The third kappa shape index (κ3) is 4.18. The highest BCUT2D eigenvalue weighted by Crippen LogP contribution is 2.26. The molecule has 4 heteroatoms. The molecule has 20 heavy (non-hydrogen) atoms. The minimum absolute atomic E-state index is 0.693. The minimum Gasteiger partial charge on any atom is -0.383 e. The van der Waals surface area contributed by atoms with Gasteiger partial charge in [0.1, 0.15) is 5.82 Å². The summed E-state index contributed by atoms with van der Waals surface area (Å²) in [6, 6.07) is 5.03. The SMILES string of the molecule is CCN(c1ccc(CNCCOC)cn1)C1CCCC1. The van der Waals surface area contributed by atoms with Gasteiger partial charge < -0.3 is 15.0 Å². The lowest BCUT2D eigenvalue weighted by atomic mass is 10.2. The maximum Gasteiger partial charge on any atom is 0.128 e. The molecule has 1 aliphatic rings. The first-order valence-electron chi connectivity index (χ1n) is 7.76. The summed E-state index contributed by atoms with van der Waals surface area (Å²) in [6.45, 7) is 5.74. The number of nitrogens with zero attached hydrogens (tertiary/aromatic N) is 2. The topological polar surface area (TPSA) is 37.4 Å². The van der Waals surface area contributed by atoms with Gasteiger partial charge in [-0.25, -0.2) is 4.98 Å². The summed E-state index contributed by atoms with van der Waals surface area (Å²) in [7, 11) is 1.72. The summed E-state index contributed by atoms with van der Waals surface area (Å²) in [5, 5.41) is 3.34. The monoisotopic (exact) mass is 277 g/mol. The van der Waals surface area contributed by atoms with E-state index >= 15 is 0 Å². The summed E-state index contributed by atoms with van der Waals surface area (Å²) >= 11 is 0. The molecule has 1 aromatic heterocycles. The Morgan fingerprint density at radius 1 is 1.35 bits per heavy atom. The Bertz CT molecular complexity index is 374. The van der Waals surface area contributed by atoms with E-state index in [2.05, 4.69) is 34.3 Å². The molecule has 2 rings (SSSR count). The number of methoxy groups -OCH3 is 1. The number of anilines is 1. The Morgan fingerprint density at radius 2 is 2.15 bits per heavy atom. The molecule has 0 spiro atoms. The number of ether oxygens (including phenoxy) is 1. The van der Waals surface area contributed by atoms with E-state index in [-0.39, 0.29) is 0 Å². The van der Waals surface area contributed by atoms with Gasteiger partial charge in [-0.1, -0.05) is 18.9 Å². The molecule has 0 aliphatic heterocycles. The summed E-state index contributed by atoms with van der Waals surface area (Å²) in [5.74, 6) is 1.13. The minimum atomic E-state index is 0.693. The van der Waals surface area contributed by atoms with Crippen molar-refractivity contribution < 1.29 is 4.74 Å². The van der Waals surface area contributed by atoms with Crippen molar-refractivity contribution in [2.45, 2.75) is 45.2 Å². The van der Waals surface area contributed by atoms with Crippen LogP contribution in [0.25, 0.3) is 0 Å². The quantitative estimate of drug-likeness (QED) is 0.741. The molecular weight excluding hydrogens is 250 g/mol. The molecule has 0 radical (unpaired) electrons. The number of aromatic nitrogens is 1. The lowest BCUT2D eigenvalue weighted by molar-refractivity contribution is 0.199. The van der Waals surface area contributed by atoms with Gasteiger partial charge in [0.15, 0.2) is 0 Å². The third-order valence-corrected chi connectivity index (χ3v) is 4.02. The van der Waals surface area contributed by atoms with Crippen molar-refractivity contribution >= 4 is 5.82 Å². The fourth-order valence-corrected chi connectivity index (χ4v) is 2.92. The summed E-state index contributed by atoms with van der Waals surface area (Å²) in [4.78, 5) is 7.10. The van der Waals surface area contributed by atoms with Gasteiger partial charge in [-0.2, -0.15) is 0 Å². The number of hydrogen-bond donors (Lipinski definition) is 1. The van der Waals surface area contributed by atoms with Crippen molar-refractivity contribution in [3.05, 3.63) is 23.9 Å². The zero-order valence-corrected chi connectivity index (χ0v) is 12.8. The van der Waals surface area contributed by atoms with E-state index in [0.29, 0.717) is 6.04 Å². The largest absolute Gasteiger partial charge is 0.383 e. The maximum atomic E-state index is 5.02. The zero-order valence-electron chi connectivity index (χ0n) is 12.8. The zero-order chi connectivity index (χ0) is 14.2. The van der Waals surface area contributed by atoms with Gasteiger partial charge in [0.2, 0.25) is 0 Å². The summed E-state index contributed by atoms with van der Waals surface area (Å²) < 4.78 is 5.02. The van der Waals surface area contributed by atoms with Gasteiger partial charge in [-0.15, -0.1) is 0 Å². The van der Waals surface area contributed by atoms with E-state index in [1.165, 1.54) is 31.2 Å². The number of pyridine rings is 1. The van der Waals surface area contributed by atoms with E-state index in [0.717, 1.165) is 32.1 Å². The van der Waals surface area contributed by atoms with Crippen molar-refractivity contribution in [2.24, 2.45) is 0 Å². The van der Waals surface area contributed by atoms with Crippen molar-refractivity contribution in [1.29, 1.82) is 0 Å². The number of rotatable bonds is 8. The van der Waals surface area contributed by atoms with Crippen LogP contribution in [0.4, 0.5) is 5.82 Å². The molecule has 1 aliphatic carbocycles. The first-order valence-corrected chi connectivity index (χ1v) is 7.76. The molecule has 1 saturated carbocycles. The maximum absolute atomic E-state index is 5.02. The second-order valence-corrected chi connectivity index (χ2v) is 5.42. The normalized spacial score (nSPS) is 15.7. The van der Waals surface area contributed by atoms with Crippen LogP contribution in [-0.2, 0) is 11.3 Å². The molecule has 0 saturated heterocycles. The molecule has 1 heterocycles. The Morgan fingerprint density at radius 3 is 2.75 bits per heavy atom. The van der Waals surface area contributed by atoms with Crippen LogP contribution < -0.4 is 10.2 Å². The summed E-state index contributed by atoms with van der Waals surface area (Å²) in [6.07, 6.45) is 7.35. The van der Waals surface area contributed by atoms with Gasteiger partial charge in [0.25, 0.3) is 0 Å². The predicted molar refractivity (Wildman–Crippen MR) is 83.1 cm³/mol. The van der Waals surface area contributed by atoms with E-state index < -0.39 is 0 Å². The molecule has 0 amide bonds. The Labute approximate surface area is 122 Å². The number of hydrogen-bond acceptors (Lipinski definition) is 4. The highest BCUT2D eigenvalue weighted by atomic mass is 16.5. The van der Waals surface area contributed by atoms with Crippen molar-refractivity contribution in [3.8, 4) is 0 Å². The smallest absolute Gasteiger partial charge is 0.128 e. The van der Waals surface area contributed by atoms with Gasteiger partial charge in [-0.3, -0.25) is 0 Å². The van der Waals surface area contributed by atoms with Gasteiger partial charge in [-0.05, 0) is 31.4 Å². The molecule has 0 unspecified atom stereocenters. The van der Waals surface area contributed by atoms with Crippen LogP contribution in [0.1, 0.15) is 38.2 Å². The predicted octanol–water partition coefficient (Wildman–Crippen LogP) is 2.59. The number of nitrogens with one attached hydrogen (secondary N) is 1. The van der Waals surface area contributed by atoms with Gasteiger partial charge in [0, 0.05) is 39.0 Å². The molecule has 4 nitrogen and oxygen atoms in total. The van der Waals surface area contributed by atoms with Crippen LogP contribution >= 0.6 is 0 Å². The van der Waals surface area contributed by atoms with Crippen LogP contribution in [0.15, 0.2) is 18.3 Å². The van der Waals surface area contributed by atoms with Crippen LogP contribution in [0.5, 0.6) is 0 Å². The molecule has 1 N–H and O–H groups in total. The fourth-order valence-electron chi connectivity index (χ4n) is 2.92. The van der Waals surface area contributed by atoms with E-state index in [1.807, 2.05) is 6.20 Å². The third-order valence-electron chi connectivity index (χ3n) is 4.02. The average Bonchev–Trinajstić information content (AvgIpc) is 3.00. The van der Waals surface area contributed by atoms with Crippen LogP contribution in [-0.4, -0.2) is 37.8 Å². The molecule has 1 aromatic rings. The molecule has 112 valence electrons. The molecule has 0 atom stereocenters. The first-order chi connectivity index (χ1) is 9.85. The van der Waals surface area contributed by atoms with Gasteiger partial charge in [0.05, 0.1) is 6.61 Å².